The van der Waals surface area contributed by atoms with Crippen LogP contribution in [0.3, 0.4) is 0 Å². The average Bonchev–Trinajstić information content (AvgIpc) is 2.81. The monoisotopic (exact) mass is 410 g/mol. The zero-order valence-electron chi connectivity index (χ0n) is 10.6. The third-order valence-corrected chi connectivity index (χ3v) is 4.19. The molecule has 0 radical (unpaired) electrons. The number of aromatic nitrogens is 1. The van der Waals surface area contributed by atoms with Crippen molar-refractivity contribution in [2.24, 2.45) is 0 Å². The topological polar surface area (TPSA) is 52.0 Å². The quantitative estimate of drug-likeness (QED) is 0.626. The number of hydrogen-bond donors (Lipinski definition) is 1. The molecule has 3 nitrogen and oxygen atoms in total. The van der Waals surface area contributed by atoms with Crippen LogP contribution in [-0.2, 0) is 0 Å². The van der Waals surface area contributed by atoms with E-state index in [2.05, 4.69) is 37.0 Å². The summed E-state index contributed by atoms with van der Waals surface area (Å²) in [5, 5.41) is 3.78. The van der Waals surface area contributed by atoms with Gasteiger partial charge in [0, 0.05) is 20.1 Å². The molecule has 21 heavy (non-hydrogen) atoms. The molecule has 1 heterocycles. The van der Waals surface area contributed by atoms with Gasteiger partial charge in [-0.2, -0.15) is 0 Å². The second-order valence-electron chi connectivity index (χ2n) is 4.38. The summed E-state index contributed by atoms with van der Waals surface area (Å²) in [6.07, 6.45) is 0. The van der Waals surface area contributed by atoms with E-state index < -0.39 is 0 Å². The van der Waals surface area contributed by atoms with Crippen molar-refractivity contribution >= 4 is 37.7 Å². The molecule has 0 saturated carbocycles. The van der Waals surface area contributed by atoms with Crippen LogP contribution in [0.2, 0.25) is 0 Å². The molecule has 0 unspecified atom stereocenters. The number of nitrogens with zero attached hydrogens (tertiary/aromatic N) is 1. The molecule has 1 aromatic heterocycles. The van der Waals surface area contributed by atoms with Crippen molar-refractivity contribution in [3.8, 4) is 22.5 Å². The molecule has 0 fully saturated rings. The molecular weight excluding hydrogens is 403 g/mol. The van der Waals surface area contributed by atoms with Crippen molar-refractivity contribution in [2.75, 3.05) is 5.73 Å². The van der Waals surface area contributed by atoms with E-state index in [1.807, 2.05) is 18.2 Å². The van der Waals surface area contributed by atoms with Gasteiger partial charge in [0.1, 0.15) is 5.82 Å². The number of nitrogen functional groups attached to an aromatic ring is 1. The van der Waals surface area contributed by atoms with Crippen molar-refractivity contribution in [3.63, 3.8) is 0 Å². The Labute approximate surface area is 137 Å². The third kappa shape index (κ3) is 2.61. The van der Waals surface area contributed by atoms with Crippen LogP contribution in [0.4, 0.5) is 10.2 Å². The van der Waals surface area contributed by atoms with Crippen LogP contribution in [0.1, 0.15) is 0 Å². The lowest BCUT2D eigenvalue weighted by Crippen LogP contribution is -1.91. The number of benzene rings is 2. The molecule has 0 aliphatic carbocycles. The second kappa shape index (κ2) is 5.61. The first kappa shape index (κ1) is 14.3. The second-order valence-corrected chi connectivity index (χ2v) is 6.15. The minimum absolute atomic E-state index is 0.157. The number of nitrogens with two attached hydrogens (primary N) is 1. The lowest BCUT2D eigenvalue weighted by Gasteiger charge is -2.06. The SMILES string of the molecule is Nc1noc(-c2ccc(Br)cc2Br)c1-c1ccccc1F. The molecule has 0 spiro atoms. The van der Waals surface area contributed by atoms with Gasteiger partial charge in [0.05, 0.1) is 5.56 Å². The molecule has 6 heteroatoms. The summed E-state index contributed by atoms with van der Waals surface area (Å²) in [4.78, 5) is 0. The lowest BCUT2D eigenvalue weighted by atomic mass is 10.0. The van der Waals surface area contributed by atoms with Gasteiger partial charge in [-0.3, -0.25) is 0 Å². The molecule has 106 valence electrons. The van der Waals surface area contributed by atoms with E-state index in [0.717, 1.165) is 14.5 Å². The first-order valence-electron chi connectivity index (χ1n) is 6.03. The van der Waals surface area contributed by atoms with Gasteiger partial charge in [-0.25, -0.2) is 4.39 Å². The fourth-order valence-corrected chi connectivity index (χ4v) is 3.31. The summed E-state index contributed by atoms with van der Waals surface area (Å²) in [5.74, 6) is 0.212. The van der Waals surface area contributed by atoms with Gasteiger partial charge in [0.25, 0.3) is 0 Å². The van der Waals surface area contributed by atoms with Gasteiger partial charge in [-0.1, -0.05) is 39.3 Å². The molecule has 0 bridgehead atoms. The maximum Gasteiger partial charge on any atom is 0.178 e. The van der Waals surface area contributed by atoms with Crippen LogP contribution in [-0.4, -0.2) is 5.16 Å². The summed E-state index contributed by atoms with van der Waals surface area (Å²) in [7, 11) is 0. The summed E-state index contributed by atoms with van der Waals surface area (Å²) < 4.78 is 21.1. The zero-order chi connectivity index (χ0) is 15.0. The predicted octanol–water partition coefficient (Wildman–Crippen LogP) is 5.25. The molecule has 0 saturated heterocycles. The van der Waals surface area contributed by atoms with E-state index in [-0.39, 0.29) is 11.6 Å². The van der Waals surface area contributed by atoms with Crippen molar-refractivity contribution in [1.82, 2.24) is 5.16 Å². The Morgan fingerprint density at radius 3 is 2.52 bits per heavy atom. The number of anilines is 1. The summed E-state index contributed by atoms with van der Waals surface area (Å²) >= 11 is 6.85. The molecule has 0 atom stereocenters. The lowest BCUT2D eigenvalue weighted by molar-refractivity contribution is 0.436. The van der Waals surface area contributed by atoms with E-state index >= 15 is 0 Å². The molecule has 0 aliphatic heterocycles. The fourth-order valence-electron chi connectivity index (χ4n) is 2.08. The predicted molar refractivity (Wildman–Crippen MR) is 87.1 cm³/mol. The Kier molecular flexibility index (Phi) is 3.82. The zero-order valence-corrected chi connectivity index (χ0v) is 13.8. The number of hydrogen-bond acceptors (Lipinski definition) is 3. The molecule has 0 amide bonds. The maximum atomic E-state index is 14.0. The maximum absolute atomic E-state index is 14.0. The molecular formula is C15H9Br2FN2O. The van der Waals surface area contributed by atoms with Gasteiger partial charge in [0.15, 0.2) is 11.6 Å². The first-order valence-corrected chi connectivity index (χ1v) is 7.62. The van der Waals surface area contributed by atoms with Crippen molar-refractivity contribution < 1.29 is 8.91 Å². The van der Waals surface area contributed by atoms with Gasteiger partial charge < -0.3 is 10.3 Å². The van der Waals surface area contributed by atoms with Gasteiger partial charge in [-0.15, -0.1) is 0 Å². The van der Waals surface area contributed by atoms with Crippen LogP contribution >= 0.6 is 31.9 Å². The van der Waals surface area contributed by atoms with E-state index in [4.69, 9.17) is 10.3 Å². The minimum Gasteiger partial charge on any atom is -0.380 e. The van der Waals surface area contributed by atoms with Crippen LogP contribution in [0, 0.1) is 5.82 Å². The average molecular weight is 412 g/mol. The van der Waals surface area contributed by atoms with Crippen molar-refractivity contribution in [1.29, 1.82) is 0 Å². The largest absolute Gasteiger partial charge is 0.380 e. The Morgan fingerprint density at radius 2 is 1.81 bits per heavy atom. The third-order valence-electron chi connectivity index (χ3n) is 3.04. The molecule has 2 N–H and O–H groups in total. The van der Waals surface area contributed by atoms with Crippen LogP contribution in [0.15, 0.2) is 55.9 Å². The minimum atomic E-state index is -0.373. The smallest absolute Gasteiger partial charge is 0.178 e. The Hall–Kier alpha value is -1.66. The standard InChI is InChI=1S/C15H9Br2FN2O/c16-8-5-6-9(11(17)7-8)14-13(15(19)20-21-14)10-3-1-2-4-12(10)18/h1-7H,(H2,19,20). The number of halogens is 3. The Bertz CT molecular complexity index is 817. The highest BCUT2D eigenvalue weighted by atomic mass is 79.9. The summed E-state index contributed by atoms with van der Waals surface area (Å²) in [5.41, 5.74) is 7.43. The van der Waals surface area contributed by atoms with Crippen molar-refractivity contribution in [3.05, 3.63) is 57.2 Å². The number of rotatable bonds is 2. The van der Waals surface area contributed by atoms with Gasteiger partial charge >= 0.3 is 0 Å². The Balaban J connectivity index is 2.25. The van der Waals surface area contributed by atoms with Crippen LogP contribution in [0.5, 0.6) is 0 Å². The molecule has 3 rings (SSSR count). The van der Waals surface area contributed by atoms with E-state index in [0.29, 0.717) is 16.9 Å². The molecule has 0 aliphatic rings. The fraction of sp³-hybridized carbons (Fsp3) is 0. The Morgan fingerprint density at radius 1 is 1.05 bits per heavy atom. The van der Waals surface area contributed by atoms with Crippen molar-refractivity contribution in [2.45, 2.75) is 0 Å². The highest BCUT2D eigenvalue weighted by Gasteiger charge is 2.21. The van der Waals surface area contributed by atoms with Crippen LogP contribution < -0.4 is 5.73 Å². The van der Waals surface area contributed by atoms with Gasteiger partial charge in [0.2, 0.25) is 0 Å². The van der Waals surface area contributed by atoms with E-state index in [1.165, 1.54) is 6.07 Å². The molecule has 2 aromatic carbocycles. The van der Waals surface area contributed by atoms with Gasteiger partial charge in [-0.05, 0) is 40.2 Å². The first-order chi connectivity index (χ1) is 10.1. The highest BCUT2D eigenvalue weighted by Crippen LogP contribution is 2.41. The van der Waals surface area contributed by atoms with Crippen LogP contribution in [0.25, 0.3) is 22.5 Å². The van der Waals surface area contributed by atoms with E-state index in [1.54, 1.807) is 18.2 Å². The summed E-state index contributed by atoms with van der Waals surface area (Å²) in [6, 6.07) is 12.0. The highest BCUT2D eigenvalue weighted by molar-refractivity contribution is 9.11. The van der Waals surface area contributed by atoms with E-state index in [9.17, 15) is 4.39 Å². The summed E-state index contributed by atoms with van der Waals surface area (Å²) in [6.45, 7) is 0. The molecule has 3 aromatic rings. The normalized spacial score (nSPS) is 10.8.